The number of ketones is 1. The number of rotatable bonds is 7. The van der Waals surface area contributed by atoms with Gasteiger partial charge >= 0.3 is 5.97 Å². The number of hydrogen-bond acceptors (Lipinski definition) is 3. The summed E-state index contributed by atoms with van der Waals surface area (Å²) in [7, 11) is 0. The Morgan fingerprint density at radius 3 is 1.97 bits per heavy atom. The standard InChI is InChI=1S/C27H24O3/c1-20(2)23-12-8-22(9-13-23)10-18-26(28)24-14-16-25(17-15-24)30-27(29)19-11-21-6-4-3-5-7-21/h3-20H,1-2H3. The largest absolute Gasteiger partial charge is 0.423 e. The van der Waals surface area contributed by atoms with Gasteiger partial charge in [-0.25, -0.2) is 4.79 Å². The maximum atomic E-state index is 12.4. The van der Waals surface area contributed by atoms with Crippen LogP contribution in [-0.2, 0) is 4.79 Å². The number of allylic oxidation sites excluding steroid dienone is 1. The van der Waals surface area contributed by atoms with E-state index >= 15 is 0 Å². The highest BCUT2D eigenvalue weighted by atomic mass is 16.5. The summed E-state index contributed by atoms with van der Waals surface area (Å²) in [5, 5.41) is 0. The van der Waals surface area contributed by atoms with Crippen LogP contribution in [0.3, 0.4) is 0 Å². The lowest BCUT2D eigenvalue weighted by Crippen LogP contribution is -2.04. The van der Waals surface area contributed by atoms with Crippen LogP contribution in [0.25, 0.3) is 12.2 Å². The van der Waals surface area contributed by atoms with E-state index in [1.807, 2.05) is 42.5 Å². The smallest absolute Gasteiger partial charge is 0.336 e. The molecule has 0 saturated carbocycles. The van der Waals surface area contributed by atoms with Gasteiger partial charge in [0.05, 0.1) is 0 Å². The van der Waals surface area contributed by atoms with Crippen molar-refractivity contribution in [1.29, 1.82) is 0 Å². The van der Waals surface area contributed by atoms with Gasteiger partial charge in [0.2, 0.25) is 0 Å². The Balaban J connectivity index is 1.57. The van der Waals surface area contributed by atoms with Crippen molar-refractivity contribution in [2.75, 3.05) is 0 Å². The van der Waals surface area contributed by atoms with Crippen molar-refractivity contribution in [3.05, 3.63) is 113 Å². The highest BCUT2D eigenvalue weighted by Crippen LogP contribution is 2.17. The summed E-state index contributed by atoms with van der Waals surface area (Å²) < 4.78 is 5.28. The summed E-state index contributed by atoms with van der Waals surface area (Å²) in [4.78, 5) is 24.3. The van der Waals surface area contributed by atoms with E-state index in [0.717, 1.165) is 11.1 Å². The van der Waals surface area contributed by atoms with Crippen LogP contribution in [0.15, 0.2) is 91.0 Å². The molecule has 0 saturated heterocycles. The third kappa shape index (κ3) is 6.14. The van der Waals surface area contributed by atoms with Gasteiger partial charge in [0.1, 0.15) is 5.75 Å². The van der Waals surface area contributed by atoms with Gasteiger partial charge in [-0.2, -0.15) is 0 Å². The molecule has 3 nitrogen and oxygen atoms in total. The molecule has 150 valence electrons. The SMILES string of the molecule is CC(C)c1ccc(C=CC(=O)c2ccc(OC(=O)C=Cc3ccccc3)cc2)cc1. The van der Waals surface area contributed by atoms with E-state index in [1.54, 1.807) is 42.5 Å². The maximum Gasteiger partial charge on any atom is 0.336 e. The quantitative estimate of drug-likeness (QED) is 0.203. The first-order valence-corrected chi connectivity index (χ1v) is 9.88. The van der Waals surface area contributed by atoms with E-state index in [1.165, 1.54) is 11.6 Å². The Morgan fingerprint density at radius 2 is 1.33 bits per heavy atom. The Kier molecular flexibility index (Phi) is 7.12. The predicted molar refractivity (Wildman–Crippen MR) is 121 cm³/mol. The highest BCUT2D eigenvalue weighted by Gasteiger charge is 2.05. The summed E-state index contributed by atoms with van der Waals surface area (Å²) in [6, 6.07) is 24.2. The lowest BCUT2D eigenvalue weighted by molar-refractivity contribution is -0.128. The van der Waals surface area contributed by atoms with Gasteiger partial charge in [-0.3, -0.25) is 4.79 Å². The normalized spacial score (nSPS) is 11.3. The van der Waals surface area contributed by atoms with Crippen LogP contribution in [0.5, 0.6) is 5.75 Å². The van der Waals surface area contributed by atoms with Crippen LogP contribution in [0.1, 0.15) is 46.8 Å². The van der Waals surface area contributed by atoms with Crippen LogP contribution >= 0.6 is 0 Å². The summed E-state index contributed by atoms with van der Waals surface area (Å²) in [6.07, 6.45) is 6.42. The molecule has 0 bridgehead atoms. The molecule has 0 aromatic heterocycles. The van der Waals surface area contributed by atoms with Gasteiger partial charge in [-0.05, 0) is 59.0 Å². The highest BCUT2D eigenvalue weighted by molar-refractivity contribution is 6.06. The van der Waals surface area contributed by atoms with Gasteiger partial charge in [-0.15, -0.1) is 0 Å². The minimum atomic E-state index is -0.470. The second-order valence-electron chi connectivity index (χ2n) is 7.21. The maximum absolute atomic E-state index is 12.4. The number of esters is 1. The van der Waals surface area contributed by atoms with Crippen molar-refractivity contribution in [2.45, 2.75) is 19.8 Å². The minimum Gasteiger partial charge on any atom is -0.423 e. The van der Waals surface area contributed by atoms with Gasteiger partial charge in [0, 0.05) is 11.6 Å². The monoisotopic (exact) mass is 396 g/mol. The second-order valence-corrected chi connectivity index (χ2v) is 7.21. The minimum absolute atomic E-state index is 0.107. The van der Waals surface area contributed by atoms with Crippen LogP contribution in [-0.4, -0.2) is 11.8 Å². The van der Waals surface area contributed by atoms with Crippen LogP contribution in [0.4, 0.5) is 0 Å². The molecular weight excluding hydrogens is 372 g/mol. The number of carbonyl (C=O) groups is 2. The lowest BCUT2D eigenvalue weighted by atomic mass is 10.0. The topological polar surface area (TPSA) is 43.4 Å². The second kappa shape index (κ2) is 10.2. The van der Waals surface area contributed by atoms with Gasteiger partial charge < -0.3 is 4.74 Å². The van der Waals surface area contributed by atoms with Crippen molar-refractivity contribution in [3.8, 4) is 5.75 Å². The van der Waals surface area contributed by atoms with E-state index < -0.39 is 5.97 Å². The molecule has 0 aliphatic carbocycles. The van der Waals surface area contributed by atoms with E-state index in [2.05, 4.69) is 26.0 Å². The summed E-state index contributed by atoms with van der Waals surface area (Å²) in [6.45, 7) is 4.30. The molecule has 0 heterocycles. The molecule has 3 aromatic rings. The average Bonchev–Trinajstić information content (AvgIpc) is 2.77. The molecule has 0 N–H and O–H groups in total. The molecular formula is C27H24O3. The van der Waals surface area contributed by atoms with Crippen LogP contribution in [0, 0.1) is 0 Å². The first-order valence-electron chi connectivity index (χ1n) is 9.88. The first kappa shape index (κ1) is 21.0. The summed E-state index contributed by atoms with van der Waals surface area (Å²) in [5.74, 6) is 0.293. The third-order valence-corrected chi connectivity index (χ3v) is 4.60. The van der Waals surface area contributed by atoms with Crippen molar-refractivity contribution >= 4 is 23.9 Å². The van der Waals surface area contributed by atoms with Gasteiger partial charge in [-0.1, -0.05) is 74.5 Å². The van der Waals surface area contributed by atoms with E-state index in [-0.39, 0.29) is 5.78 Å². The fraction of sp³-hybridized carbons (Fsp3) is 0.111. The predicted octanol–water partition coefficient (Wildman–Crippen LogP) is 6.32. The molecule has 0 amide bonds. The fourth-order valence-corrected chi connectivity index (χ4v) is 2.83. The zero-order chi connectivity index (χ0) is 21.3. The molecule has 0 radical (unpaired) electrons. The molecule has 0 atom stereocenters. The fourth-order valence-electron chi connectivity index (χ4n) is 2.83. The lowest BCUT2D eigenvalue weighted by Gasteiger charge is -2.04. The van der Waals surface area contributed by atoms with Gasteiger partial charge in [0.15, 0.2) is 5.78 Å². The Bertz CT molecular complexity index is 1040. The van der Waals surface area contributed by atoms with Crippen molar-refractivity contribution < 1.29 is 14.3 Å². The molecule has 3 heteroatoms. The molecule has 0 aliphatic rings. The average molecular weight is 396 g/mol. The molecule has 0 aliphatic heterocycles. The van der Waals surface area contributed by atoms with Crippen LogP contribution < -0.4 is 4.74 Å². The Morgan fingerprint density at radius 1 is 0.733 bits per heavy atom. The number of hydrogen-bond donors (Lipinski definition) is 0. The number of benzene rings is 3. The van der Waals surface area contributed by atoms with E-state index in [9.17, 15) is 9.59 Å². The zero-order valence-corrected chi connectivity index (χ0v) is 17.1. The van der Waals surface area contributed by atoms with Crippen molar-refractivity contribution in [1.82, 2.24) is 0 Å². The number of carbonyl (C=O) groups excluding carboxylic acids is 2. The first-order chi connectivity index (χ1) is 14.5. The number of ether oxygens (including phenoxy) is 1. The molecule has 3 rings (SSSR count). The van der Waals surface area contributed by atoms with E-state index in [4.69, 9.17) is 4.74 Å². The summed E-state index contributed by atoms with van der Waals surface area (Å²) in [5.41, 5.74) is 3.69. The molecule has 30 heavy (non-hydrogen) atoms. The van der Waals surface area contributed by atoms with Crippen molar-refractivity contribution in [3.63, 3.8) is 0 Å². The summed E-state index contributed by atoms with van der Waals surface area (Å²) >= 11 is 0. The zero-order valence-electron chi connectivity index (χ0n) is 17.1. The Labute approximate surface area is 177 Å². The van der Waals surface area contributed by atoms with E-state index in [0.29, 0.717) is 17.2 Å². The van der Waals surface area contributed by atoms with Crippen molar-refractivity contribution in [2.24, 2.45) is 0 Å². The molecule has 0 spiro atoms. The molecule has 3 aromatic carbocycles. The molecule has 0 fully saturated rings. The molecule has 0 unspecified atom stereocenters. The van der Waals surface area contributed by atoms with Gasteiger partial charge in [0.25, 0.3) is 0 Å². The Hall–Kier alpha value is -3.72. The van der Waals surface area contributed by atoms with Crippen LogP contribution in [0.2, 0.25) is 0 Å². The third-order valence-electron chi connectivity index (χ3n) is 4.60.